The van der Waals surface area contributed by atoms with Crippen LogP contribution in [-0.2, 0) is 14.1 Å². The van der Waals surface area contributed by atoms with Crippen LogP contribution in [0.3, 0.4) is 0 Å². The van der Waals surface area contributed by atoms with Crippen LogP contribution in [0.5, 0.6) is 0 Å². The molecule has 0 spiro atoms. The van der Waals surface area contributed by atoms with E-state index in [1.54, 1.807) is 7.05 Å². The molecule has 0 aliphatic carbocycles. The molecular formula is C10H22N3O4PS2. The van der Waals surface area contributed by atoms with Crippen LogP contribution in [0, 0.1) is 0 Å². The third-order valence-electron chi connectivity index (χ3n) is 2.47. The number of nitrogens with zero attached hydrogens (tertiary/aromatic N) is 3. The molecule has 0 rings (SSSR count). The van der Waals surface area contributed by atoms with Crippen molar-refractivity contribution in [2.45, 2.75) is 25.5 Å². The second-order valence-electron chi connectivity index (χ2n) is 4.01. The van der Waals surface area contributed by atoms with Crippen molar-refractivity contribution in [1.29, 1.82) is 0 Å². The highest BCUT2D eigenvalue weighted by Crippen LogP contribution is 2.66. The molecule has 2 atom stereocenters. The summed E-state index contributed by atoms with van der Waals surface area (Å²) < 4.78 is 21.4. The fourth-order valence-electron chi connectivity index (χ4n) is 1.09. The van der Waals surface area contributed by atoms with Crippen molar-refractivity contribution in [3.63, 3.8) is 0 Å². The Morgan fingerprint density at radius 2 is 1.95 bits per heavy atom. The number of methoxy groups -OCH3 is 1. The van der Waals surface area contributed by atoms with Gasteiger partial charge in [-0.1, -0.05) is 25.2 Å². The molecule has 0 aliphatic heterocycles. The van der Waals surface area contributed by atoms with Crippen molar-refractivity contribution < 1.29 is 18.9 Å². The fourth-order valence-corrected chi connectivity index (χ4v) is 7.48. The molecule has 0 saturated heterocycles. The molecule has 10 heteroatoms. The first-order valence-corrected chi connectivity index (χ1v) is 9.76. The average Bonchev–Trinajstić information content (AvgIpc) is 2.44. The van der Waals surface area contributed by atoms with Crippen LogP contribution in [0.15, 0.2) is 0 Å². The Hall–Kier alpha value is -0.370. The Morgan fingerprint density at radius 3 is 2.35 bits per heavy atom. The molecule has 0 heterocycles. The van der Waals surface area contributed by atoms with Crippen LogP contribution in [0.4, 0.5) is 4.79 Å². The number of ether oxygens (including phenoxy) is 1. The first kappa shape index (κ1) is 19.6. The summed E-state index contributed by atoms with van der Waals surface area (Å²) in [6.07, 6.45) is 0.800. The SMILES string of the molecule is CCC(C)SP(=O)(N(C)C=O)N(C)SN(C)C(=O)OC. The largest absolute Gasteiger partial charge is 0.452 e. The van der Waals surface area contributed by atoms with E-state index in [1.165, 1.54) is 41.0 Å². The second kappa shape index (κ2) is 8.81. The predicted molar refractivity (Wildman–Crippen MR) is 84.3 cm³/mol. The Morgan fingerprint density at radius 1 is 1.40 bits per heavy atom. The maximum Gasteiger partial charge on any atom is 0.420 e. The Kier molecular flexibility index (Phi) is 8.65. The molecule has 2 amide bonds. The summed E-state index contributed by atoms with van der Waals surface area (Å²) in [7, 11) is 5.83. The molecule has 0 aromatic rings. The van der Waals surface area contributed by atoms with Gasteiger partial charge in [0, 0.05) is 26.4 Å². The number of hydrogen-bond donors (Lipinski definition) is 0. The summed E-state index contributed by atoms with van der Waals surface area (Å²) in [5.41, 5.74) is 0. The van der Waals surface area contributed by atoms with Crippen molar-refractivity contribution in [2.24, 2.45) is 0 Å². The Bertz CT molecular complexity index is 386. The van der Waals surface area contributed by atoms with Crippen LogP contribution >= 0.6 is 30.2 Å². The van der Waals surface area contributed by atoms with Gasteiger partial charge in [-0.15, -0.1) is 0 Å². The summed E-state index contributed by atoms with van der Waals surface area (Å²) in [4.78, 5) is 22.4. The zero-order chi connectivity index (χ0) is 15.9. The van der Waals surface area contributed by atoms with Crippen molar-refractivity contribution in [3.8, 4) is 0 Å². The number of carbonyl (C=O) groups excluding carboxylic acids is 2. The molecule has 0 saturated carbocycles. The van der Waals surface area contributed by atoms with E-state index in [-0.39, 0.29) is 5.25 Å². The monoisotopic (exact) mass is 343 g/mol. The van der Waals surface area contributed by atoms with E-state index in [0.29, 0.717) is 6.41 Å². The average molecular weight is 343 g/mol. The van der Waals surface area contributed by atoms with Crippen LogP contribution in [0.25, 0.3) is 0 Å². The third kappa shape index (κ3) is 5.20. The highest BCUT2D eigenvalue weighted by Gasteiger charge is 2.37. The predicted octanol–water partition coefficient (Wildman–Crippen LogP) is 2.91. The molecule has 118 valence electrons. The molecule has 0 fully saturated rings. The Balaban J connectivity index is 5.08. The highest BCUT2D eigenvalue weighted by molar-refractivity contribution is 8.58. The van der Waals surface area contributed by atoms with E-state index < -0.39 is 12.7 Å². The van der Waals surface area contributed by atoms with Gasteiger partial charge in [0.15, 0.2) is 0 Å². The molecule has 0 aliphatic rings. The van der Waals surface area contributed by atoms with Gasteiger partial charge >= 0.3 is 12.7 Å². The minimum Gasteiger partial charge on any atom is -0.452 e. The highest BCUT2D eigenvalue weighted by atomic mass is 32.7. The minimum atomic E-state index is -3.15. The zero-order valence-electron chi connectivity index (χ0n) is 12.6. The van der Waals surface area contributed by atoms with Gasteiger partial charge in [-0.05, 0) is 6.42 Å². The van der Waals surface area contributed by atoms with Gasteiger partial charge in [-0.25, -0.2) is 9.10 Å². The van der Waals surface area contributed by atoms with Crippen molar-refractivity contribution in [2.75, 3.05) is 28.3 Å². The molecule has 7 nitrogen and oxygen atoms in total. The van der Waals surface area contributed by atoms with Crippen LogP contribution < -0.4 is 0 Å². The molecule has 0 bridgehead atoms. The summed E-state index contributed by atoms with van der Waals surface area (Å²) in [5.74, 6) is 0. The van der Waals surface area contributed by atoms with Gasteiger partial charge in [-0.3, -0.25) is 14.0 Å². The summed E-state index contributed by atoms with van der Waals surface area (Å²) in [6.45, 7) is 0.776. The summed E-state index contributed by atoms with van der Waals surface area (Å²) in [5, 5.41) is 0.120. The van der Waals surface area contributed by atoms with E-state index in [4.69, 9.17) is 0 Å². The van der Waals surface area contributed by atoms with Crippen molar-refractivity contribution >= 4 is 42.7 Å². The maximum atomic E-state index is 13.0. The zero-order valence-corrected chi connectivity index (χ0v) is 15.1. The smallest absolute Gasteiger partial charge is 0.420 e. The Labute approximate surface area is 128 Å². The number of amides is 2. The lowest BCUT2D eigenvalue weighted by Gasteiger charge is -2.33. The molecule has 0 aromatic heterocycles. The van der Waals surface area contributed by atoms with Gasteiger partial charge in [-0.2, -0.15) is 4.08 Å². The van der Waals surface area contributed by atoms with Gasteiger partial charge in [0.1, 0.15) is 0 Å². The molecule has 0 radical (unpaired) electrons. The molecule has 0 N–H and O–H groups in total. The van der Waals surface area contributed by atoms with Gasteiger partial charge in [0.05, 0.1) is 19.2 Å². The van der Waals surface area contributed by atoms with Crippen LogP contribution in [-0.4, -0.2) is 59.1 Å². The lowest BCUT2D eigenvalue weighted by atomic mass is 10.4. The van der Waals surface area contributed by atoms with Crippen LogP contribution in [0.2, 0.25) is 0 Å². The van der Waals surface area contributed by atoms with Gasteiger partial charge < -0.3 is 4.74 Å². The second-order valence-corrected chi connectivity index (χ2v) is 10.8. The molecule has 20 heavy (non-hydrogen) atoms. The normalized spacial score (nSPS) is 15.3. The third-order valence-corrected chi connectivity index (χ3v) is 10.3. The topological polar surface area (TPSA) is 70.2 Å². The molecule has 0 aromatic carbocycles. The fraction of sp³-hybridized carbons (Fsp3) is 0.800. The van der Waals surface area contributed by atoms with E-state index in [9.17, 15) is 14.2 Å². The number of carbonyl (C=O) groups is 2. The number of hydrogen-bond acceptors (Lipinski definition) is 6. The summed E-state index contributed by atoms with van der Waals surface area (Å²) >= 11 is 2.17. The summed E-state index contributed by atoms with van der Waals surface area (Å²) in [6, 6.07) is 0. The molecular weight excluding hydrogens is 321 g/mol. The maximum absolute atomic E-state index is 13.0. The van der Waals surface area contributed by atoms with Crippen molar-refractivity contribution in [3.05, 3.63) is 0 Å². The van der Waals surface area contributed by atoms with E-state index >= 15 is 0 Å². The lowest BCUT2D eigenvalue weighted by Crippen LogP contribution is -2.27. The number of rotatable bonds is 8. The van der Waals surface area contributed by atoms with Crippen LogP contribution in [0.1, 0.15) is 20.3 Å². The first-order valence-electron chi connectivity index (χ1n) is 5.93. The van der Waals surface area contributed by atoms with Gasteiger partial charge in [0.2, 0.25) is 6.41 Å². The standard InChI is InChI=1S/C10H22N3O4PS2/c1-7-9(2)19-18(16,11(3)8-14)13(5)20-12(4)10(15)17-6/h8-9H,7H2,1-6H3. The van der Waals surface area contributed by atoms with E-state index in [1.807, 2.05) is 13.8 Å². The minimum absolute atomic E-state index is 0.120. The van der Waals surface area contributed by atoms with Crippen molar-refractivity contribution in [1.82, 2.24) is 13.1 Å². The lowest BCUT2D eigenvalue weighted by molar-refractivity contribution is -0.113. The van der Waals surface area contributed by atoms with E-state index in [2.05, 4.69) is 4.74 Å². The van der Waals surface area contributed by atoms with Gasteiger partial charge in [0.25, 0.3) is 0 Å². The first-order chi connectivity index (χ1) is 9.22. The quantitative estimate of drug-likeness (QED) is 0.381. The van der Waals surface area contributed by atoms with E-state index in [0.717, 1.165) is 23.2 Å². The molecule has 2 unspecified atom stereocenters.